The van der Waals surface area contributed by atoms with Gasteiger partial charge in [-0.3, -0.25) is 9.59 Å². The Bertz CT molecular complexity index is 686. The molecule has 2 rings (SSSR count). The summed E-state index contributed by atoms with van der Waals surface area (Å²) in [7, 11) is 0. The van der Waals surface area contributed by atoms with E-state index in [0.717, 1.165) is 23.1 Å². The minimum Gasteiger partial charge on any atom is -0.481 e. The highest BCUT2D eigenvalue weighted by molar-refractivity contribution is 8.01. The first-order chi connectivity index (χ1) is 8.79. The molecule has 2 aromatic rings. The lowest BCUT2D eigenvalue weighted by molar-refractivity contribution is -0.133. The van der Waals surface area contributed by atoms with E-state index < -0.39 is 11.4 Å². The van der Waals surface area contributed by atoms with Gasteiger partial charge in [0.2, 0.25) is 4.96 Å². The molecule has 0 fully saturated rings. The molecule has 0 saturated heterocycles. The van der Waals surface area contributed by atoms with Crippen LogP contribution in [0, 0.1) is 0 Å². The Balaban J connectivity index is 2.46. The molecule has 0 saturated carbocycles. The van der Waals surface area contributed by atoms with Crippen LogP contribution in [0.3, 0.4) is 0 Å². The molecular formula is C10H12N4O3S2. The van der Waals surface area contributed by atoms with Gasteiger partial charge < -0.3 is 5.11 Å². The zero-order valence-corrected chi connectivity index (χ0v) is 12.2. The van der Waals surface area contributed by atoms with Crippen LogP contribution in [0.25, 0.3) is 4.96 Å². The summed E-state index contributed by atoms with van der Waals surface area (Å²) in [6.07, 6.45) is 0. The Labute approximate surface area is 116 Å². The first-order valence-electron chi connectivity index (χ1n) is 5.40. The third-order valence-electron chi connectivity index (χ3n) is 2.20. The van der Waals surface area contributed by atoms with E-state index in [1.807, 2.05) is 20.8 Å². The fourth-order valence-corrected chi connectivity index (χ4v) is 2.94. The van der Waals surface area contributed by atoms with Gasteiger partial charge in [-0.25, -0.2) is 0 Å². The van der Waals surface area contributed by atoms with Crippen molar-refractivity contribution < 1.29 is 9.90 Å². The molecule has 7 nitrogen and oxygen atoms in total. The molecule has 0 unspecified atom stereocenters. The Kier molecular flexibility index (Phi) is 3.59. The number of aliphatic carboxylic acids is 1. The average molecular weight is 300 g/mol. The number of carboxylic acid groups (broad SMARTS) is 1. The number of thioether (sulfide) groups is 1. The number of fused-ring (bicyclic) bond motifs is 1. The molecule has 0 aromatic carbocycles. The number of carbonyl (C=O) groups is 1. The maximum atomic E-state index is 12.2. The smallest absolute Gasteiger partial charge is 0.313 e. The van der Waals surface area contributed by atoms with Crippen LogP contribution in [-0.2, 0) is 10.2 Å². The fraction of sp³-hybridized carbons (Fsp3) is 0.500. The summed E-state index contributed by atoms with van der Waals surface area (Å²) in [4.78, 5) is 23.1. The summed E-state index contributed by atoms with van der Waals surface area (Å²) in [6, 6.07) is 0. The van der Waals surface area contributed by atoms with E-state index in [4.69, 9.17) is 5.11 Å². The zero-order chi connectivity index (χ0) is 14.2. The van der Waals surface area contributed by atoms with Gasteiger partial charge in [0.15, 0.2) is 4.34 Å². The van der Waals surface area contributed by atoms with Crippen LogP contribution < -0.4 is 5.56 Å². The molecule has 2 heterocycles. The molecule has 0 radical (unpaired) electrons. The van der Waals surface area contributed by atoms with Gasteiger partial charge in [-0.05, 0) is 0 Å². The van der Waals surface area contributed by atoms with E-state index in [9.17, 15) is 9.59 Å². The van der Waals surface area contributed by atoms with E-state index in [1.165, 1.54) is 4.52 Å². The van der Waals surface area contributed by atoms with Crippen molar-refractivity contribution in [2.75, 3.05) is 5.75 Å². The number of nitrogens with zero attached hydrogens (tertiary/aromatic N) is 4. The molecule has 9 heteroatoms. The molecule has 0 bridgehead atoms. The van der Waals surface area contributed by atoms with E-state index in [1.54, 1.807) is 0 Å². The number of aromatic nitrogens is 4. The second-order valence-electron chi connectivity index (χ2n) is 4.85. The van der Waals surface area contributed by atoms with Crippen LogP contribution in [0.1, 0.15) is 26.5 Å². The molecule has 0 aliphatic carbocycles. The number of hydrogen-bond donors (Lipinski definition) is 1. The molecule has 2 aromatic heterocycles. The van der Waals surface area contributed by atoms with Crippen molar-refractivity contribution in [1.29, 1.82) is 0 Å². The van der Waals surface area contributed by atoms with E-state index >= 15 is 0 Å². The highest BCUT2D eigenvalue weighted by Crippen LogP contribution is 2.23. The summed E-state index contributed by atoms with van der Waals surface area (Å²) in [6.45, 7) is 5.62. The summed E-state index contributed by atoms with van der Waals surface area (Å²) in [5.74, 6) is -1.04. The molecule has 102 valence electrons. The summed E-state index contributed by atoms with van der Waals surface area (Å²) < 4.78 is 1.67. The van der Waals surface area contributed by atoms with Gasteiger partial charge >= 0.3 is 5.97 Å². The standard InChI is InChI=1S/C10H12N4O3S2/c1-10(2,3)6-7(17)14-8(12-11-6)19-9(13-14)18-4-5(15)16/h4H2,1-3H3,(H,15,16). The van der Waals surface area contributed by atoms with Crippen molar-refractivity contribution in [3.63, 3.8) is 0 Å². The monoisotopic (exact) mass is 300 g/mol. The van der Waals surface area contributed by atoms with Crippen molar-refractivity contribution in [3.8, 4) is 0 Å². The van der Waals surface area contributed by atoms with Gasteiger partial charge in [-0.1, -0.05) is 43.9 Å². The highest BCUT2D eigenvalue weighted by Gasteiger charge is 2.23. The topological polar surface area (TPSA) is 97.4 Å². The van der Waals surface area contributed by atoms with Gasteiger partial charge in [0.1, 0.15) is 5.69 Å². The predicted octanol–water partition coefficient (Wildman–Crippen LogP) is 1.02. The zero-order valence-electron chi connectivity index (χ0n) is 10.6. The van der Waals surface area contributed by atoms with Crippen LogP contribution >= 0.6 is 23.1 Å². The average Bonchev–Trinajstić information content (AvgIpc) is 2.69. The lowest BCUT2D eigenvalue weighted by Crippen LogP contribution is -2.30. The normalized spacial score (nSPS) is 11.9. The number of carboxylic acids is 1. The Hall–Kier alpha value is -1.48. The highest BCUT2D eigenvalue weighted by atomic mass is 32.2. The predicted molar refractivity (Wildman–Crippen MR) is 72.0 cm³/mol. The second kappa shape index (κ2) is 4.89. The van der Waals surface area contributed by atoms with Crippen LogP contribution in [0.2, 0.25) is 0 Å². The Morgan fingerprint density at radius 2 is 2.11 bits per heavy atom. The first kappa shape index (κ1) is 13.9. The minimum absolute atomic E-state index is 0.103. The van der Waals surface area contributed by atoms with Gasteiger partial charge in [-0.2, -0.15) is 4.52 Å². The molecule has 0 aliphatic rings. The van der Waals surface area contributed by atoms with E-state index in [-0.39, 0.29) is 11.3 Å². The van der Waals surface area contributed by atoms with Crippen LogP contribution in [-0.4, -0.2) is 36.6 Å². The second-order valence-corrected chi connectivity index (χ2v) is 7.03. The van der Waals surface area contributed by atoms with Crippen molar-refractivity contribution in [3.05, 3.63) is 16.0 Å². The van der Waals surface area contributed by atoms with Crippen LogP contribution in [0.5, 0.6) is 0 Å². The summed E-state index contributed by atoms with van der Waals surface area (Å²) in [5, 5.41) is 20.6. The van der Waals surface area contributed by atoms with Crippen LogP contribution in [0.4, 0.5) is 0 Å². The molecular weight excluding hydrogens is 288 g/mol. The molecule has 19 heavy (non-hydrogen) atoms. The van der Waals surface area contributed by atoms with E-state index in [2.05, 4.69) is 15.3 Å². The van der Waals surface area contributed by atoms with Crippen molar-refractivity contribution in [1.82, 2.24) is 19.8 Å². The van der Waals surface area contributed by atoms with Crippen molar-refractivity contribution in [2.24, 2.45) is 0 Å². The SMILES string of the molecule is CC(C)(C)c1nnc2sc(SCC(=O)O)nn2c1=O. The van der Waals surface area contributed by atoms with Gasteiger partial charge in [0.25, 0.3) is 5.56 Å². The maximum absolute atomic E-state index is 12.2. The Morgan fingerprint density at radius 3 is 2.68 bits per heavy atom. The maximum Gasteiger partial charge on any atom is 0.313 e. The fourth-order valence-electron chi connectivity index (χ4n) is 1.35. The van der Waals surface area contributed by atoms with Gasteiger partial charge in [0.05, 0.1) is 5.75 Å². The first-order valence-corrected chi connectivity index (χ1v) is 7.21. The number of hydrogen-bond acceptors (Lipinski definition) is 7. The lowest BCUT2D eigenvalue weighted by Gasteiger charge is -2.14. The van der Waals surface area contributed by atoms with Crippen molar-refractivity contribution in [2.45, 2.75) is 30.5 Å². The quantitative estimate of drug-likeness (QED) is 0.845. The number of rotatable bonds is 3. The van der Waals surface area contributed by atoms with Gasteiger partial charge in [-0.15, -0.1) is 15.3 Å². The minimum atomic E-state index is -0.932. The largest absolute Gasteiger partial charge is 0.481 e. The Morgan fingerprint density at radius 1 is 1.42 bits per heavy atom. The lowest BCUT2D eigenvalue weighted by atomic mass is 9.93. The summed E-state index contributed by atoms with van der Waals surface area (Å²) >= 11 is 2.21. The summed E-state index contributed by atoms with van der Waals surface area (Å²) in [5.41, 5.74) is -0.385. The van der Waals surface area contributed by atoms with E-state index in [0.29, 0.717) is 15.0 Å². The van der Waals surface area contributed by atoms with Crippen LogP contribution in [0.15, 0.2) is 9.13 Å². The molecule has 0 amide bonds. The molecule has 1 N–H and O–H groups in total. The molecule has 0 aliphatic heterocycles. The third kappa shape index (κ3) is 2.92. The molecule has 0 spiro atoms. The van der Waals surface area contributed by atoms with Crippen molar-refractivity contribution >= 4 is 34.0 Å². The third-order valence-corrected chi connectivity index (χ3v) is 4.22. The molecule has 0 atom stereocenters. The van der Waals surface area contributed by atoms with Gasteiger partial charge in [0, 0.05) is 5.41 Å².